The van der Waals surface area contributed by atoms with Crippen LogP contribution in [0, 0.1) is 10.1 Å². The molecular weight excluding hydrogens is 695 g/mol. The fourth-order valence-electron chi connectivity index (χ4n) is 3.62. The van der Waals surface area contributed by atoms with Crippen molar-refractivity contribution in [2.24, 2.45) is 20.5 Å². The van der Waals surface area contributed by atoms with Crippen molar-refractivity contribution in [2.75, 3.05) is 23.0 Å². The highest BCUT2D eigenvalue weighted by molar-refractivity contribution is 8.00. The molecule has 0 bridgehead atoms. The van der Waals surface area contributed by atoms with Gasteiger partial charge in [-0.1, -0.05) is 17.8 Å². The van der Waals surface area contributed by atoms with Crippen molar-refractivity contribution < 1.29 is 43.8 Å². The molecule has 0 fully saturated rings. The summed E-state index contributed by atoms with van der Waals surface area (Å²) < 4.78 is 97.2. The quantitative estimate of drug-likeness (QED) is 0.0366. The summed E-state index contributed by atoms with van der Waals surface area (Å²) in [5.74, 6) is -1.19. The number of nitro benzene ring substituents is 1. The number of benzene rings is 3. The number of nitrogens with two attached hydrogens (primary N) is 2. The first-order valence-corrected chi connectivity index (χ1v) is 17.5. The predicted molar refractivity (Wildman–Crippen MR) is 163 cm³/mol. The number of hydrogen-bond acceptors (Lipinski definition) is 17. The molecule has 0 aliphatic heterocycles. The van der Waals surface area contributed by atoms with Gasteiger partial charge in [0.1, 0.15) is 10.6 Å². The Kier molecular flexibility index (Phi) is 9.62. The van der Waals surface area contributed by atoms with Gasteiger partial charge in [-0.15, -0.1) is 20.5 Å². The van der Waals surface area contributed by atoms with Crippen LogP contribution in [0.4, 0.5) is 40.1 Å². The SMILES string of the molecule is Nc1nc(SCCS(=O)(=O)O)nc(N)c1N=Nc1ccc(N=Nc2ccc([N+](=O)[O-])cc2S(=O)(=O)O)c2ccc(S(=O)(=O)O)cc12. The number of rotatable bonds is 11. The Morgan fingerprint density at radius 1 is 0.761 bits per heavy atom. The summed E-state index contributed by atoms with van der Waals surface area (Å²) in [5.41, 5.74) is 10.5. The Bertz CT molecular complexity index is 2260. The molecule has 7 N–H and O–H groups in total. The third kappa shape index (κ3) is 8.30. The van der Waals surface area contributed by atoms with Crippen molar-refractivity contribution in [1.82, 2.24) is 9.97 Å². The zero-order chi connectivity index (χ0) is 34.0. The highest BCUT2D eigenvalue weighted by atomic mass is 32.2. The maximum atomic E-state index is 11.9. The van der Waals surface area contributed by atoms with Crippen molar-refractivity contribution in [2.45, 2.75) is 14.9 Å². The van der Waals surface area contributed by atoms with E-state index >= 15 is 0 Å². The average molecular weight is 714 g/mol. The van der Waals surface area contributed by atoms with Crippen LogP contribution in [0.1, 0.15) is 0 Å². The second-order valence-corrected chi connectivity index (χ2v) is 14.3. The summed E-state index contributed by atoms with van der Waals surface area (Å²) in [6.07, 6.45) is 0. The van der Waals surface area contributed by atoms with E-state index in [1.165, 1.54) is 18.2 Å². The summed E-state index contributed by atoms with van der Waals surface area (Å²) >= 11 is 0.842. The number of hydrogen-bond donors (Lipinski definition) is 5. The molecule has 0 aliphatic rings. The molecule has 46 heavy (non-hydrogen) atoms. The minimum Gasteiger partial charge on any atom is -0.382 e. The van der Waals surface area contributed by atoms with Crippen LogP contribution in [0.2, 0.25) is 0 Å². The number of nitrogen functional groups attached to an aromatic ring is 2. The van der Waals surface area contributed by atoms with Crippen LogP contribution >= 0.6 is 11.8 Å². The molecule has 0 saturated carbocycles. The summed E-state index contributed by atoms with van der Waals surface area (Å²) in [6, 6.07) is 8.40. The topological polar surface area (TPSA) is 334 Å². The van der Waals surface area contributed by atoms with Crippen LogP contribution < -0.4 is 11.5 Å². The van der Waals surface area contributed by atoms with Crippen LogP contribution in [0.3, 0.4) is 0 Å². The second kappa shape index (κ2) is 12.9. The smallest absolute Gasteiger partial charge is 0.297 e. The number of thioether (sulfide) groups is 1. The number of non-ortho nitro benzene ring substituents is 1. The Labute approximate surface area is 263 Å². The molecule has 0 atom stereocenters. The van der Waals surface area contributed by atoms with Gasteiger partial charge in [-0.25, -0.2) is 9.97 Å². The van der Waals surface area contributed by atoms with Gasteiger partial charge >= 0.3 is 0 Å². The van der Waals surface area contributed by atoms with Crippen LogP contribution in [-0.4, -0.2) is 65.3 Å². The highest BCUT2D eigenvalue weighted by Gasteiger charge is 2.21. The van der Waals surface area contributed by atoms with Crippen molar-refractivity contribution in [1.29, 1.82) is 0 Å². The minimum absolute atomic E-state index is 0.00381. The van der Waals surface area contributed by atoms with E-state index in [-0.39, 0.29) is 50.4 Å². The molecule has 242 valence electrons. The Morgan fingerprint density at radius 2 is 1.33 bits per heavy atom. The summed E-state index contributed by atoms with van der Waals surface area (Å²) in [6.45, 7) is 0. The molecule has 20 nitrogen and oxygen atoms in total. The van der Waals surface area contributed by atoms with Gasteiger partial charge in [0.15, 0.2) is 22.5 Å². The zero-order valence-electron chi connectivity index (χ0n) is 22.6. The van der Waals surface area contributed by atoms with Crippen LogP contribution in [0.5, 0.6) is 0 Å². The molecule has 24 heteroatoms. The Balaban J connectivity index is 1.77. The Hall–Kier alpha value is -4.72. The first-order chi connectivity index (χ1) is 21.3. The molecule has 0 spiro atoms. The van der Waals surface area contributed by atoms with Crippen LogP contribution in [-0.2, 0) is 30.4 Å². The summed E-state index contributed by atoms with van der Waals surface area (Å²) in [4.78, 5) is 16.7. The normalized spacial score (nSPS) is 12.8. The van der Waals surface area contributed by atoms with Gasteiger partial charge in [-0.2, -0.15) is 25.3 Å². The molecule has 0 aliphatic carbocycles. The number of aromatic nitrogens is 2. The van der Waals surface area contributed by atoms with Crippen LogP contribution in [0.25, 0.3) is 10.8 Å². The van der Waals surface area contributed by atoms with E-state index in [0.29, 0.717) is 6.07 Å². The lowest BCUT2D eigenvalue weighted by atomic mass is 10.1. The third-order valence-electron chi connectivity index (χ3n) is 5.69. The van der Waals surface area contributed by atoms with Crippen molar-refractivity contribution in [3.63, 3.8) is 0 Å². The summed E-state index contributed by atoms with van der Waals surface area (Å²) in [5, 5.41) is 27.0. The third-order valence-corrected chi connectivity index (χ3v) is 9.24. The number of anilines is 2. The van der Waals surface area contributed by atoms with E-state index in [1.807, 2.05) is 0 Å². The van der Waals surface area contributed by atoms with Gasteiger partial charge in [-0.05, 0) is 30.3 Å². The van der Waals surface area contributed by atoms with Crippen molar-refractivity contribution >= 4 is 93.0 Å². The fraction of sp³-hybridized carbons (Fsp3) is 0.0909. The second-order valence-electron chi connectivity index (χ2n) is 8.83. The van der Waals surface area contributed by atoms with Crippen LogP contribution in [0.15, 0.2) is 83.9 Å². The van der Waals surface area contributed by atoms with E-state index in [4.69, 9.17) is 16.0 Å². The predicted octanol–water partition coefficient (Wildman–Crippen LogP) is 4.01. The minimum atomic E-state index is -4.97. The van der Waals surface area contributed by atoms with Gasteiger partial charge in [0.05, 0.1) is 26.9 Å². The van der Waals surface area contributed by atoms with E-state index in [2.05, 4.69) is 30.4 Å². The molecular formula is C22H19N9O11S4. The molecule has 1 heterocycles. The lowest BCUT2D eigenvalue weighted by molar-refractivity contribution is -0.385. The number of nitro groups is 1. The maximum absolute atomic E-state index is 11.9. The number of nitrogens with zero attached hydrogens (tertiary/aromatic N) is 7. The zero-order valence-corrected chi connectivity index (χ0v) is 25.8. The lowest BCUT2D eigenvalue weighted by Crippen LogP contribution is -2.07. The van der Waals surface area contributed by atoms with E-state index in [9.17, 15) is 44.5 Å². The maximum Gasteiger partial charge on any atom is 0.297 e. The van der Waals surface area contributed by atoms with Gasteiger partial charge in [0.25, 0.3) is 36.0 Å². The molecule has 0 saturated heterocycles. The monoisotopic (exact) mass is 713 g/mol. The van der Waals surface area contributed by atoms with Crippen molar-refractivity contribution in [3.8, 4) is 0 Å². The first kappa shape index (κ1) is 34.2. The largest absolute Gasteiger partial charge is 0.382 e. The summed E-state index contributed by atoms with van der Waals surface area (Å²) in [7, 11) is -13.9. The molecule has 4 aromatic rings. The molecule has 4 rings (SSSR count). The van der Waals surface area contributed by atoms with Gasteiger partial charge in [0.2, 0.25) is 0 Å². The average Bonchev–Trinajstić information content (AvgIpc) is 2.94. The van der Waals surface area contributed by atoms with E-state index in [1.54, 1.807) is 0 Å². The fourth-order valence-corrected chi connectivity index (χ4v) is 6.46. The Morgan fingerprint density at radius 3 is 1.89 bits per heavy atom. The molecule has 0 radical (unpaired) electrons. The van der Waals surface area contributed by atoms with Crippen molar-refractivity contribution in [3.05, 3.63) is 58.6 Å². The van der Waals surface area contributed by atoms with Gasteiger partial charge < -0.3 is 11.5 Å². The van der Waals surface area contributed by atoms with Gasteiger partial charge in [-0.3, -0.25) is 23.8 Å². The number of fused-ring (bicyclic) bond motifs is 1. The lowest BCUT2D eigenvalue weighted by Gasteiger charge is -2.08. The molecule has 1 aromatic heterocycles. The van der Waals surface area contributed by atoms with E-state index < -0.39 is 62.2 Å². The molecule has 0 unspecified atom stereocenters. The van der Waals surface area contributed by atoms with E-state index in [0.717, 1.165) is 36.0 Å². The standard InChI is InChI=1S/C22H19N9O11S4/c23-20-19(21(24)26-22(25-20)43-7-8-44(34,35)36)30-28-16-6-5-15(13-3-2-12(10-14(13)16)45(37,38)39)27-29-17-4-1-11(31(32)33)9-18(17)46(40,41)42/h1-6,9-10H,7-8H2,(H,34,35,36)(H,37,38,39)(H,40,41,42)(H4,23,24,25,26). The molecule has 3 aromatic carbocycles. The van der Waals surface area contributed by atoms with Gasteiger partial charge in [0, 0.05) is 28.7 Å². The highest BCUT2D eigenvalue weighted by Crippen LogP contribution is 2.38. The first-order valence-electron chi connectivity index (χ1n) is 12.0. The number of azo groups is 2. The molecule has 0 amide bonds.